The smallest absolute Gasteiger partial charge is 0.316 e. The van der Waals surface area contributed by atoms with Gasteiger partial charge in [-0.2, -0.15) is 0 Å². The molecule has 3 aliphatic rings. The fourth-order valence-electron chi connectivity index (χ4n) is 5.99. The van der Waals surface area contributed by atoms with E-state index in [1.807, 2.05) is 0 Å². The third kappa shape index (κ3) is 2.67. The van der Waals surface area contributed by atoms with Crippen molar-refractivity contribution in [2.45, 2.75) is 68.4 Å². The van der Waals surface area contributed by atoms with Gasteiger partial charge in [-0.15, -0.1) is 0 Å². The molecule has 26 heavy (non-hydrogen) atoms. The van der Waals surface area contributed by atoms with Crippen molar-refractivity contribution >= 4 is 59.5 Å². The molecule has 0 saturated heterocycles. The summed E-state index contributed by atoms with van der Waals surface area (Å²) in [4.78, 5) is 26.4. The second-order valence-electron chi connectivity index (χ2n) is 10.0. The van der Waals surface area contributed by atoms with Gasteiger partial charge in [-0.1, -0.05) is 82.4 Å². The van der Waals surface area contributed by atoms with Gasteiger partial charge in [0, 0.05) is 20.6 Å². The summed E-state index contributed by atoms with van der Waals surface area (Å²) in [6.45, 7) is 10.8. The summed E-state index contributed by atoms with van der Waals surface area (Å²) in [5, 5.41) is 0. The number of carbonyl (C=O) groups excluding carboxylic acids is 2. The van der Waals surface area contributed by atoms with Crippen LogP contribution in [0.2, 0.25) is 0 Å². The molecule has 0 radical (unpaired) electrons. The van der Waals surface area contributed by atoms with Crippen LogP contribution in [0.15, 0.2) is 11.1 Å². The van der Waals surface area contributed by atoms with Crippen molar-refractivity contribution in [1.82, 2.24) is 0 Å². The van der Waals surface area contributed by atoms with Crippen molar-refractivity contribution in [2.24, 2.45) is 21.7 Å². The van der Waals surface area contributed by atoms with Gasteiger partial charge in [-0.05, 0) is 35.7 Å². The summed E-state index contributed by atoms with van der Waals surface area (Å²) in [6, 6.07) is 0. The van der Waals surface area contributed by atoms with E-state index >= 15 is 0 Å². The third-order valence-corrected chi connectivity index (χ3v) is 11.5. The Balaban J connectivity index is 2.37. The molecule has 3 aliphatic carbocycles. The molecule has 2 bridgehead atoms. The summed E-state index contributed by atoms with van der Waals surface area (Å²) in [7, 11) is 1.44. The van der Waals surface area contributed by atoms with Crippen molar-refractivity contribution in [1.29, 1.82) is 0 Å². The van der Waals surface area contributed by atoms with Crippen molar-refractivity contribution in [3.05, 3.63) is 11.1 Å². The number of esters is 1. The standard InChI is InChI=1S/C20H27Br3O3/c1-17(2)7-19(5)9-20(8-17,16(25)26-6)11-10(14(19)22)13(21)18(3,4)15(23)12(11)24/h13-15H,7-9H2,1-6H3. The summed E-state index contributed by atoms with van der Waals surface area (Å²) in [6.07, 6.45) is 2.29. The normalized spacial score (nSPS) is 43.7. The van der Waals surface area contributed by atoms with Gasteiger partial charge in [0.1, 0.15) is 0 Å². The molecule has 0 heterocycles. The monoisotopic (exact) mass is 552 g/mol. The lowest BCUT2D eigenvalue weighted by molar-refractivity contribution is -0.161. The molecular formula is C20H27Br3O3. The van der Waals surface area contributed by atoms with Crippen LogP contribution < -0.4 is 0 Å². The first-order chi connectivity index (χ1) is 11.7. The maximum absolute atomic E-state index is 13.6. The highest BCUT2D eigenvalue weighted by Crippen LogP contribution is 2.68. The van der Waals surface area contributed by atoms with Gasteiger partial charge < -0.3 is 4.74 Å². The number of fused-ring (bicyclic) bond motifs is 3. The second-order valence-corrected chi connectivity index (χ2v) is 12.8. The molecule has 0 N–H and O–H groups in total. The van der Waals surface area contributed by atoms with Crippen LogP contribution in [0.5, 0.6) is 0 Å². The molecule has 0 aromatic rings. The van der Waals surface area contributed by atoms with E-state index in [1.165, 1.54) is 7.11 Å². The number of halogens is 3. The molecule has 1 fully saturated rings. The first kappa shape index (κ1) is 21.0. The van der Waals surface area contributed by atoms with Crippen LogP contribution in [-0.4, -0.2) is 33.3 Å². The Morgan fingerprint density at radius 2 is 1.54 bits per heavy atom. The Bertz CT molecular complexity index is 711. The predicted molar refractivity (Wildman–Crippen MR) is 114 cm³/mol. The van der Waals surface area contributed by atoms with E-state index in [0.717, 1.165) is 12.0 Å². The molecule has 5 atom stereocenters. The molecule has 0 amide bonds. The zero-order valence-electron chi connectivity index (χ0n) is 16.2. The quantitative estimate of drug-likeness (QED) is 0.314. The number of ether oxygens (including phenoxy) is 1. The third-order valence-electron chi connectivity index (χ3n) is 6.65. The Morgan fingerprint density at radius 1 is 0.962 bits per heavy atom. The Morgan fingerprint density at radius 3 is 2.08 bits per heavy atom. The number of ketones is 1. The topological polar surface area (TPSA) is 43.4 Å². The number of Topliss-reactive ketones (excluding diaryl/α,β-unsaturated/α-hetero) is 1. The Kier molecular flexibility index (Phi) is 4.98. The summed E-state index contributed by atoms with van der Waals surface area (Å²) in [5.74, 6) is -0.230. The average Bonchev–Trinajstić information content (AvgIpc) is 2.52. The number of carbonyl (C=O) groups is 2. The fraction of sp³-hybridized carbons (Fsp3) is 0.800. The number of hydrogen-bond acceptors (Lipinski definition) is 3. The maximum Gasteiger partial charge on any atom is 0.316 e. The molecule has 3 rings (SSSR count). The van der Waals surface area contributed by atoms with Crippen LogP contribution in [-0.2, 0) is 14.3 Å². The average molecular weight is 555 g/mol. The first-order valence-corrected chi connectivity index (χ1v) is 11.8. The van der Waals surface area contributed by atoms with Crippen LogP contribution in [0, 0.1) is 21.7 Å². The number of methoxy groups -OCH3 is 1. The van der Waals surface area contributed by atoms with Crippen molar-refractivity contribution < 1.29 is 14.3 Å². The lowest BCUT2D eigenvalue weighted by Crippen LogP contribution is -2.61. The van der Waals surface area contributed by atoms with Gasteiger partial charge in [0.15, 0.2) is 5.78 Å². The number of hydrogen-bond donors (Lipinski definition) is 0. The lowest BCUT2D eigenvalue weighted by Gasteiger charge is -2.61. The highest BCUT2D eigenvalue weighted by molar-refractivity contribution is 9.10. The SMILES string of the molecule is COC(=O)C12CC(C)(C)CC(C)(C1)C(Br)C1=C2C(=O)C(Br)C(C)(C)C1Br. The largest absolute Gasteiger partial charge is 0.468 e. The number of rotatable bonds is 1. The van der Waals surface area contributed by atoms with Gasteiger partial charge in [0.2, 0.25) is 0 Å². The van der Waals surface area contributed by atoms with E-state index in [-0.39, 0.29) is 42.5 Å². The lowest BCUT2D eigenvalue weighted by atomic mass is 9.45. The molecule has 0 aliphatic heterocycles. The predicted octanol–water partition coefficient (Wildman–Crippen LogP) is 5.57. The van der Waals surface area contributed by atoms with Crippen LogP contribution in [0.1, 0.15) is 53.9 Å². The molecular weight excluding hydrogens is 528 g/mol. The van der Waals surface area contributed by atoms with Gasteiger partial charge in [0.05, 0.1) is 17.4 Å². The fourth-order valence-corrected chi connectivity index (χ4v) is 8.77. The highest BCUT2D eigenvalue weighted by Gasteiger charge is 2.66. The van der Waals surface area contributed by atoms with E-state index in [4.69, 9.17) is 4.74 Å². The molecule has 5 unspecified atom stereocenters. The van der Waals surface area contributed by atoms with Gasteiger partial charge in [-0.3, -0.25) is 9.59 Å². The van der Waals surface area contributed by atoms with Crippen LogP contribution in [0.4, 0.5) is 0 Å². The number of alkyl halides is 3. The zero-order valence-corrected chi connectivity index (χ0v) is 21.0. The maximum atomic E-state index is 13.6. The van der Waals surface area contributed by atoms with E-state index in [1.54, 1.807) is 0 Å². The van der Waals surface area contributed by atoms with Crippen LogP contribution in [0.3, 0.4) is 0 Å². The van der Waals surface area contributed by atoms with Crippen LogP contribution >= 0.6 is 47.8 Å². The minimum absolute atomic E-state index is 0.00122. The van der Waals surface area contributed by atoms with Crippen molar-refractivity contribution in [3.63, 3.8) is 0 Å². The Hall–Kier alpha value is 0.320. The van der Waals surface area contributed by atoms with Crippen molar-refractivity contribution in [3.8, 4) is 0 Å². The molecule has 146 valence electrons. The molecule has 0 aromatic heterocycles. The molecule has 3 nitrogen and oxygen atoms in total. The molecule has 6 heteroatoms. The highest BCUT2D eigenvalue weighted by atomic mass is 79.9. The van der Waals surface area contributed by atoms with Gasteiger partial charge in [0.25, 0.3) is 0 Å². The minimum atomic E-state index is -0.865. The number of allylic oxidation sites excluding steroid dienone is 1. The van der Waals surface area contributed by atoms with Crippen molar-refractivity contribution in [2.75, 3.05) is 7.11 Å². The van der Waals surface area contributed by atoms with E-state index in [0.29, 0.717) is 18.4 Å². The van der Waals surface area contributed by atoms with Gasteiger partial charge >= 0.3 is 5.97 Å². The summed E-state index contributed by atoms with van der Waals surface area (Å²) < 4.78 is 5.29. The van der Waals surface area contributed by atoms with Gasteiger partial charge in [-0.25, -0.2) is 0 Å². The molecule has 0 aromatic carbocycles. The summed E-state index contributed by atoms with van der Waals surface area (Å²) >= 11 is 11.5. The molecule has 1 saturated carbocycles. The Labute approximate surface area is 181 Å². The minimum Gasteiger partial charge on any atom is -0.468 e. The second kappa shape index (κ2) is 6.16. The molecule has 0 spiro atoms. The van der Waals surface area contributed by atoms with E-state index in [9.17, 15) is 9.59 Å². The van der Waals surface area contributed by atoms with Crippen LogP contribution in [0.25, 0.3) is 0 Å². The van der Waals surface area contributed by atoms with E-state index < -0.39 is 5.41 Å². The first-order valence-electron chi connectivity index (χ1n) is 9.03. The zero-order chi connectivity index (χ0) is 19.9. The summed E-state index contributed by atoms with van der Waals surface area (Å²) in [5.41, 5.74) is 0.400. The van der Waals surface area contributed by atoms with E-state index in [2.05, 4.69) is 82.4 Å².